The van der Waals surface area contributed by atoms with Crippen molar-refractivity contribution < 1.29 is 0 Å². The first-order valence-electron chi connectivity index (χ1n) is 7.95. The summed E-state index contributed by atoms with van der Waals surface area (Å²) in [6.07, 6.45) is 1.29. The van der Waals surface area contributed by atoms with Crippen LogP contribution < -0.4 is 10.2 Å². The van der Waals surface area contributed by atoms with Gasteiger partial charge in [-0.2, -0.15) is 0 Å². The molecule has 2 rings (SSSR count). The molecule has 3 nitrogen and oxygen atoms in total. The maximum absolute atomic E-state index is 3.29. The molecule has 0 saturated carbocycles. The second-order valence-electron chi connectivity index (χ2n) is 5.71. The minimum atomic E-state index is 0.422. The van der Waals surface area contributed by atoms with Gasteiger partial charge >= 0.3 is 0 Å². The molecule has 1 aliphatic heterocycles. The zero-order chi connectivity index (χ0) is 14.5. The summed E-state index contributed by atoms with van der Waals surface area (Å²) in [5, 5.41) is 3.29. The summed E-state index contributed by atoms with van der Waals surface area (Å²) in [6.45, 7) is 11.4. The number of hydrogen-bond acceptors (Lipinski definition) is 3. The molecule has 2 unspecified atom stereocenters. The summed E-state index contributed by atoms with van der Waals surface area (Å²) in [7, 11) is 2.01. The van der Waals surface area contributed by atoms with Gasteiger partial charge in [0.2, 0.25) is 0 Å². The lowest BCUT2D eigenvalue weighted by Gasteiger charge is -2.26. The molecule has 1 saturated heterocycles. The molecule has 0 amide bonds. The summed E-state index contributed by atoms with van der Waals surface area (Å²) < 4.78 is 0. The van der Waals surface area contributed by atoms with Crippen molar-refractivity contribution in [3.05, 3.63) is 29.8 Å². The highest BCUT2D eigenvalue weighted by atomic mass is 15.2. The van der Waals surface area contributed by atoms with Crippen molar-refractivity contribution in [3.8, 4) is 0 Å². The smallest absolute Gasteiger partial charge is 0.0366 e. The Bertz CT molecular complexity index is 397. The highest BCUT2D eigenvalue weighted by Gasteiger charge is 2.26. The molecule has 0 radical (unpaired) electrons. The van der Waals surface area contributed by atoms with Crippen LogP contribution in [0.4, 0.5) is 5.69 Å². The topological polar surface area (TPSA) is 18.5 Å². The lowest BCUT2D eigenvalue weighted by molar-refractivity contribution is 0.232. The standard InChI is InChI=1S/C17H29N3/c1-5-19(6-2)17-11-12-20(13-17)16-9-7-15(8-10-16)14(3)18-4/h7-10,14,17-18H,5-6,11-13H2,1-4H3. The fourth-order valence-electron chi connectivity index (χ4n) is 3.15. The Hall–Kier alpha value is -1.06. The van der Waals surface area contributed by atoms with Gasteiger partial charge in [-0.05, 0) is 51.2 Å². The molecule has 0 aliphatic carbocycles. The highest BCUT2D eigenvalue weighted by Crippen LogP contribution is 2.24. The first-order chi connectivity index (χ1) is 9.69. The van der Waals surface area contributed by atoms with Crippen LogP contribution in [0.1, 0.15) is 38.8 Å². The van der Waals surface area contributed by atoms with E-state index in [9.17, 15) is 0 Å². The Kier molecular flexibility index (Phi) is 5.44. The molecular formula is C17H29N3. The molecule has 1 aromatic rings. The molecule has 1 heterocycles. The molecule has 1 aromatic carbocycles. The molecule has 1 fully saturated rings. The van der Waals surface area contributed by atoms with Gasteiger partial charge in [0.05, 0.1) is 0 Å². The molecule has 1 aliphatic rings. The highest BCUT2D eigenvalue weighted by molar-refractivity contribution is 5.49. The SMILES string of the molecule is CCN(CC)C1CCN(c2ccc(C(C)NC)cc2)C1. The van der Waals surface area contributed by atoms with Crippen molar-refractivity contribution >= 4 is 5.69 Å². The molecule has 2 atom stereocenters. The Morgan fingerprint density at radius 1 is 1.25 bits per heavy atom. The van der Waals surface area contributed by atoms with Gasteiger partial charge < -0.3 is 10.2 Å². The van der Waals surface area contributed by atoms with Crippen LogP contribution in [0, 0.1) is 0 Å². The zero-order valence-corrected chi connectivity index (χ0v) is 13.4. The van der Waals surface area contributed by atoms with Gasteiger partial charge in [-0.15, -0.1) is 0 Å². The summed E-state index contributed by atoms with van der Waals surface area (Å²) in [5.74, 6) is 0. The third-order valence-electron chi connectivity index (χ3n) is 4.68. The van der Waals surface area contributed by atoms with Gasteiger partial charge in [0.1, 0.15) is 0 Å². The van der Waals surface area contributed by atoms with Gasteiger partial charge in [-0.3, -0.25) is 4.90 Å². The average molecular weight is 275 g/mol. The van der Waals surface area contributed by atoms with Gasteiger partial charge in [0.25, 0.3) is 0 Å². The van der Waals surface area contributed by atoms with E-state index in [2.05, 4.69) is 60.2 Å². The largest absolute Gasteiger partial charge is 0.370 e. The van der Waals surface area contributed by atoms with E-state index in [1.165, 1.54) is 30.8 Å². The average Bonchev–Trinajstić information content (AvgIpc) is 2.97. The van der Waals surface area contributed by atoms with E-state index in [1.54, 1.807) is 0 Å². The molecule has 3 heteroatoms. The van der Waals surface area contributed by atoms with Crippen LogP contribution in [0.25, 0.3) is 0 Å². The number of anilines is 1. The van der Waals surface area contributed by atoms with Gasteiger partial charge in [-0.25, -0.2) is 0 Å². The molecule has 20 heavy (non-hydrogen) atoms. The van der Waals surface area contributed by atoms with Crippen molar-refractivity contribution in [2.75, 3.05) is 38.1 Å². The second kappa shape index (κ2) is 7.09. The second-order valence-corrected chi connectivity index (χ2v) is 5.71. The molecule has 112 valence electrons. The maximum Gasteiger partial charge on any atom is 0.0366 e. The zero-order valence-electron chi connectivity index (χ0n) is 13.4. The number of rotatable bonds is 6. The van der Waals surface area contributed by atoms with Crippen LogP contribution in [0.15, 0.2) is 24.3 Å². The van der Waals surface area contributed by atoms with E-state index in [0.717, 1.165) is 19.1 Å². The lowest BCUT2D eigenvalue weighted by atomic mass is 10.1. The first-order valence-corrected chi connectivity index (χ1v) is 7.95. The van der Waals surface area contributed by atoms with Gasteiger partial charge in [0, 0.05) is 30.9 Å². The monoisotopic (exact) mass is 275 g/mol. The summed E-state index contributed by atoms with van der Waals surface area (Å²) in [6, 6.07) is 10.2. The van der Waals surface area contributed by atoms with E-state index >= 15 is 0 Å². The van der Waals surface area contributed by atoms with Crippen LogP contribution in [0.2, 0.25) is 0 Å². The molecule has 0 bridgehead atoms. The van der Waals surface area contributed by atoms with E-state index in [-0.39, 0.29) is 0 Å². The number of hydrogen-bond donors (Lipinski definition) is 1. The van der Waals surface area contributed by atoms with Crippen molar-refractivity contribution in [2.45, 2.75) is 39.3 Å². The van der Waals surface area contributed by atoms with Crippen molar-refractivity contribution in [1.29, 1.82) is 0 Å². The third-order valence-corrected chi connectivity index (χ3v) is 4.68. The Balaban J connectivity index is 1.99. The fraction of sp³-hybridized carbons (Fsp3) is 0.647. The Morgan fingerprint density at radius 3 is 2.45 bits per heavy atom. The third kappa shape index (κ3) is 3.33. The molecule has 0 spiro atoms. The summed E-state index contributed by atoms with van der Waals surface area (Å²) in [4.78, 5) is 5.11. The predicted octanol–water partition coefficient (Wildman–Crippen LogP) is 2.89. The molecular weight excluding hydrogens is 246 g/mol. The van der Waals surface area contributed by atoms with Gasteiger partial charge in [0.15, 0.2) is 0 Å². The number of likely N-dealkylation sites (N-methyl/N-ethyl adjacent to an activating group) is 1. The van der Waals surface area contributed by atoms with Crippen LogP contribution in [0.3, 0.4) is 0 Å². The molecule has 1 N–H and O–H groups in total. The number of nitrogens with one attached hydrogen (secondary N) is 1. The van der Waals surface area contributed by atoms with Crippen molar-refractivity contribution in [1.82, 2.24) is 10.2 Å². The normalized spacial score (nSPS) is 20.6. The lowest BCUT2D eigenvalue weighted by Crippen LogP contribution is -2.37. The number of benzene rings is 1. The van der Waals surface area contributed by atoms with Crippen LogP contribution in [0.5, 0.6) is 0 Å². The quantitative estimate of drug-likeness (QED) is 0.861. The van der Waals surface area contributed by atoms with Crippen molar-refractivity contribution in [3.63, 3.8) is 0 Å². The van der Waals surface area contributed by atoms with Crippen molar-refractivity contribution in [2.24, 2.45) is 0 Å². The molecule has 0 aromatic heterocycles. The Labute approximate surface area is 124 Å². The Morgan fingerprint density at radius 2 is 1.90 bits per heavy atom. The fourth-order valence-corrected chi connectivity index (χ4v) is 3.15. The van der Waals surface area contributed by atoms with E-state index in [0.29, 0.717) is 6.04 Å². The van der Waals surface area contributed by atoms with Crippen LogP contribution >= 0.6 is 0 Å². The van der Waals surface area contributed by atoms with E-state index < -0.39 is 0 Å². The maximum atomic E-state index is 3.29. The number of nitrogens with zero attached hydrogens (tertiary/aromatic N) is 2. The van der Waals surface area contributed by atoms with Gasteiger partial charge in [-0.1, -0.05) is 26.0 Å². The predicted molar refractivity (Wildman–Crippen MR) is 87.5 cm³/mol. The first kappa shape index (κ1) is 15.3. The summed E-state index contributed by atoms with van der Waals surface area (Å²) in [5.41, 5.74) is 2.72. The van der Waals surface area contributed by atoms with E-state index in [1.807, 2.05) is 7.05 Å². The van der Waals surface area contributed by atoms with Crippen LogP contribution in [-0.2, 0) is 0 Å². The minimum Gasteiger partial charge on any atom is -0.370 e. The summed E-state index contributed by atoms with van der Waals surface area (Å²) >= 11 is 0. The van der Waals surface area contributed by atoms with Crippen LogP contribution in [-0.4, -0.2) is 44.2 Å². The van der Waals surface area contributed by atoms with E-state index in [4.69, 9.17) is 0 Å². The minimum absolute atomic E-state index is 0.422.